The highest BCUT2D eigenvalue weighted by Gasteiger charge is 2.13. The van der Waals surface area contributed by atoms with Gasteiger partial charge in [-0.05, 0) is 26.1 Å². The number of likely N-dealkylation sites (N-methyl/N-ethyl adjacent to an activating group) is 1. The number of rotatable bonds is 8. The van der Waals surface area contributed by atoms with Crippen LogP contribution in [0.5, 0.6) is 0 Å². The largest absolute Gasteiger partial charge is 0.449 e. The summed E-state index contributed by atoms with van der Waals surface area (Å²) in [5.74, 6) is 0. The van der Waals surface area contributed by atoms with Crippen LogP contribution in [0.2, 0.25) is 0 Å². The topological polar surface area (TPSA) is 42.0 Å². The maximum absolute atomic E-state index is 11.4. The Labute approximate surface area is 127 Å². The highest BCUT2D eigenvalue weighted by molar-refractivity contribution is 5.66. The Morgan fingerprint density at radius 1 is 1.14 bits per heavy atom. The van der Waals surface area contributed by atoms with Crippen LogP contribution in [0, 0.1) is 0 Å². The zero-order chi connectivity index (χ0) is 15.7. The molecule has 0 fully saturated rings. The van der Waals surface area contributed by atoms with Gasteiger partial charge in [-0.2, -0.15) is 0 Å². The number of hydrogen-bond acceptors (Lipinski definition) is 4. The van der Waals surface area contributed by atoms with Gasteiger partial charge in [0.1, 0.15) is 0 Å². The molecule has 0 N–H and O–H groups in total. The van der Waals surface area contributed by atoms with E-state index in [1.165, 1.54) is 4.90 Å². The number of nitrogens with zero attached hydrogens (tertiary/aromatic N) is 2. The zero-order valence-electron chi connectivity index (χ0n) is 13.4. The predicted octanol–water partition coefficient (Wildman–Crippen LogP) is 2.22. The minimum absolute atomic E-state index is 0.226. The van der Waals surface area contributed by atoms with Crippen LogP contribution in [0.4, 0.5) is 4.79 Å². The molecule has 0 aliphatic heterocycles. The van der Waals surface area contributed by atoms with Gasteiger partial charge in [-0.25, -0.2) is 4.79 Å². The molecule has 0 saturated carbocycles. The second-order valence-electron chi connectivity index (χ2n) is 5.42. The van der Waals surface area contributed by atoms with Gasteiger partial charge in [0.05, 0.1) is 19.8 Å². The van der Waals surface area contributed by atoms with Crippen molar-refractivity contribution >= 4 is 6.09 Å². The number of benzene rings is 1. The molecule has 1 aromatic rings. The van der Waals surface area contributed by atoms with Crippen LogP contribution in [0.1, 0.15) is 12.0 Å². The minimum Gasteiger partial charge on any atom is -0.449 e. The van der Waals surface area contributed by atoms with Crippen molar-refractivity contribution in [3.63, 3.8) is 0 Å². The fourth-order valence-corrected chi connectivity index (χ4v) is 1.79. The van der Waals surface area contributed by atoms with E-state index < -0.39 is 0 Å². The van der Waals surface area contributed by atoms with Gasteiger partial charge in [-0.1, -0.05) is 30.3 Å². The maximum Gasteiger partial charge on any atom is 0.409 e. The van der Waals surface area contributed by atoms with E-state index in [-0.39, 0.29) is 12.1 Å². The molecule has 0 heterocycles. The summed E-state index contributed by atoms with van der Waals surface area (Å²) in [5.41, 5.74) is 1.16. The summed E-state index contributed by atoms with van der Waals surface area (Å²) in [4.78, 5) is 14.9. The van der Waals surface area contributed by atoms with Crippen LogP contribution in [0.3, 0.4) is 0 Å². The third kappa shape index (κ3) is 7.11. The van der Waals surface area contributed by atoms with Crippen LogP contribution in [0.25, 0.3) is 0 Å². The Balaban J connectivity index is 2.28. The second-order valence-corrected chi connectivity index (χ2v) is 5.42. The molecular formula is C16H26N2O3. The summed E-state index contributed by atoms with van der Waals surface area (Å²) >= 11 is 0. The molecule has 1 unspecified atom stereocenters. The third-order valence-corrected chi connectivity index (χ3v) is 3.19. The molecule has 1 amide bonds. The molecule has 0 aromatic heterocycles. The Kier molecular flexibility index (Phi) is 7.79. The van der Waals surface area contributed by atoms with Crippen molar-refractivity contribution in [1.29, 1.82) is 0 Å². The van der Waals surface area contributed by atoms with Gasteiger partial charge in [0.2, 0.25) is 0 Å². The quantitative estimate of drug-likeness (QED) is 0.737. The van der Waals surface area contributed by atoms with E-state index in [2.05, 4.69) is 4.90 Å². The molecule has 0 radical (unpaired) electrons. The average molecular weight is 294 g/mol. The van der Waals surface area contributed by atoms with E-state index in [1.807, 2.05) is 44.4 Å². The van der Waals surface area contributed by atoms with Crippen molar-refractivity contribution in [2.45, 2.75) is 19.1 Å². The third-order valence-electron chi connectivity index (χ3n) is 3.19. The molecule has 1 atom stereocenters. The summed E-state index contributed by atoms with van der Waals surface area (Å²) < 4.78 is 10.9. The van der Waals surface area contributed by atoms with Crippen molar-refractivity contribution in [2.24, 2.45) is 0 Å². The maximum atomic E-state index is 11.4. The van der Waals surface area contributed by atoms with E-state index in [1.54, 1.807) is 14.1 Å². The van der Waals surface area contributed by atoms with Crippen LogP contribution in [0.15, 0.2) is 30.3 Å². The summed E-state index contributed by atoms with van der Waals surface area (Å²) in [6.07, 6.45) is 0.444. The van der Waals surface area contributed by atoms with Gasteiger partial charge < -0.3 is 19.3 Å². The van der Waals surface area contributed by atoms with Crippen LogP contribution < -0.4 is 0 Å². The van der Waals surface area contributed by atoms with Gasteiger partial charge in [-0.15, -0.1) is 0 Å². The summed E-state index contributed by atoms with van der Waals surface area (Å²) in [7, 11) is 7.36. The summed E-state index contributed by atoms with van der Waals surface area (Å²) in [6.45, 7) is 1.61. The van der Waals surface area contributed by atoms with Gasteiger partial charge in [0.25, 0.3) is 0 Å². The Morgan fingerprint density at radius 2 is 1.81 bits per heavy atom. The predicted molar refractivity (Wildman–Crippen MR) is 83.2 cm³/mol. The fraction of sp³-hybridized carbons (Fsp3) is 0.562. The van der Waals surface area contributed by atoms with E-state index in [0.29, 0.717) is 19.8 Å². The zero-order valence-corrected chi connectivity index (χ0v) is 13.4. The first-order valence-corrected chi connectivity index (χ1v) is 7.13. The number of carbonyl (C=O) groups is 1. The highest BCUT2D eigenvalue weighted by atomic mass is 16.6. The molecule has 0 spiro atoms. The standard InChI is InChI=1S/C16H26N2O3/c1-17(2)15(10-11-21-16(19)18(3)4)13-20-12-14-8-6-5-7-9-14/h5-9,15H,10-13H2,1-4H3. The number of ether oxygens (including phenoxy) is 2. The van der Waals surface area contributed by atoms with E-state index in [9.17, 15) is 4.79 Å². The summed E-state index contributed by atoms with van der Waals surface area (Å²) in [6, 6.07) is 10.3. The van der Waals surface area contributed by atoms with Crippen molar-refractivity contribution in [2.75, 3.05) is 41.4 Å². The SMILES string of the molecule is CN(C)C(=O)OCCC(COCc1ccccc1)N(C)C. The highest BCUT2D eigenvalue weighted by Crippen LogP contribution is 2.06. The van der Waals surface area contributed by atoms with E-state index >= 15 is 0 Å². The van der Waals surface area contributed by atoms with Crippen molar-refractivity contribution < 1.29 is 14.3 Å². The van der Waals surface area contributed by atoms with Crippen LogP contribution in [-0.4, -0.2) is 63.3 Å². The molecule has 21 heavy (non-hydrogen) atoms. The molecular weight excluding hydrogens is 268 g/mol. The van der Waals surface area contributed by atoms with Crippen LogP contribution in [-0.2, 0) is 16.1 Å². The molecule has 0 aliphatic carbocycles. The van der Waals surface area contributed by atoms with E-state index in [0.717, 1.165) is 12.0 Å². The van der Waals surface area contributed by atoms with Gasteiger partial charge in [0.15, 0.2) is 0 Å². The molecule has 5 heteroatoms. The van der Waals surface area contributed by atoms with Crippen LogP contribution >= 0.6 is 0 Å². The molecule has 0 bridgehead atoms. The molecule has 118 valence electrons. The Hall–Kier alpha value is -1.59. The number of amides is 1. The molecule has 1 rings (SSSR count). The van der Waals surface area contributed by atoms with Gasteiger partial charge in [-0.3, -0.25) is 0 Å². The first-order valence-electron chi connectivity index (χ1n) is 7.13. The van der Waals surface area contributed by atoms with Crippen molar-refractivity contribution in [1.82, 2.24) is 9.80 Å². The van der Waals surface area contributed by atoms with Crippen molar-refractivity contribution in [3.8, 4) is 0 Å². The van der Waals surface area contributed by atoms with Gasteiger partial charge in [0, 0.05) is 20.1 Å². The number of carbonyl (C=O) groups excluding carboxylic acids is 1. The minimum atomic E-state index is -0.308. The fourth-order valence-electron chi connectivity index (χ4n) is 1.79. The lowest BCUT2D eigenvalue weighted by Gasteiger charge is -2.24. The lowest BCUT2D eigenvalue weighted by atomic mass is 10.2. The summed E-state index contributed by atoms with van der Waals surface area (Å²) in [5, 5.41) is 0. The molecule has 0 aliphatic rings. The Bertz CT molecular complexity index is 407. The number of hydrogen-bond donors (Lipinski definition) is 0. The molecule has 1 aromatic carbocycles. The molecule has 0 saturated heterocycles. The lowest BCUT2D eigenvalue weighted by molar-refractivity contribution is 0.0513. The lowest BCUT2D eigenvalue weighted by Crippen LogP contribution is -2.34. The second kappa shape index (κ2) is 9.37. The first-order chi connectivity index (χ1) is 10.0. The average Bonchev–Trinajstić information content (AvgIpc) is 2.46. The van der Waals surface area contributed by atoms with Gasteiger partial charge >= 0.3 is 6.09 Å². The Morgan fingerprint density at radius 3 is 2.38 bits per heavy atom. The normalized spacial score (nSPS) is 12.2. The van der Waals surface area contributed by atoms with E-state index in [4.69, 9.17) is 9.47 Å². The molecule has 5 nitrogen and oxygen atoms in total. The monoisotopic (exact) mass is 294 g/mol. The first kappa shape index (κ1) is 17.5. The smallest absolute Gasteiger partial charge is 0.409 e. The van der Waals surface area contributed by atoms with Crippen molar-refractivity contribution in [3.05, 3.63) is 35.9 Å².